The molecule has 1 heterocycles. The summed E-state index contributed by atoms with van der Waals surface area (Å²) in [5, 5.41) is 21.5. The van der Waals surface area contributed by atoms with Crippen LogP contribution in [0.25, 0.3) is 11.4 Å². The van der Waals surface area contributed by atoms with Crippen molar-refractivity contribution in [2.75, 3.05) is 12.3 Å². The molecule has 1 aromatic heterocycles. The van der Waals surface area contributed by atoms with Crippen LogP contribution in [0.3, 0.4) is 0 Å². The van der Waals surface area contributed by atoms with Crippen molar-refractivity contribution >= 4 is 17.7 Å². The van der Waals surface area contributed by atoms with Gasteiger partial charge in [0.2, 0.25) is 5.91 Å². The minimum absolute atomic E-state index is 0.0451. The number of thioether (sulfide) groups is 1. The van der Waals surface area contributed by atoms with E-state index in [0.717, 1.165) is 34.9 Å². The molecule has 28 heavy (non-hydrogen) atoms. The Morgan fingerprint density at radius 3 is 2.61 bits per heavy atom. The number of hydrogen-bond donors (Lipinski definition) is 2. The topological polar surface area (TPSA) is 80.0 Å². The number of carbonyl (C=O) groups is 1. The third-order valence-corrected chi connectivity index (χ3v) is 5.35. The van der Waals surface area contributed by atoms with Gasteiger partial charge >= 0.3 is 0 Å². The number of rotatable bonds is 9. The summed E-state index contributed by atoms with van der Waals surface area (Å²) in [5.74, 6) is 1.80. The second-order valence-electron chi connectivity index (χ2n) is 6.45. The maximum absolute atomic E-state index is 12.0. The number of nitrogens with one attached hydrogen (secondary N) is 1. The predicted octanol–water partition coefficient (Wildman–Crippen LogP) is 3.42. The van der Waals surface area contributed by atoms with E-state index in [1.165, 1.54) is 11.8 Å². The number of phenolic OH excluding ortho intramolecular Hbond substituents is 1. The third-order valence-electron chi connectivity index (χ3n) is 4.33. The molecule has 6 nitrogen and oxygen atoms in total. The number of nitrogens with zero attached hydrogens (tertiary/aromatic N) is 3. The fourth-order valence-corrected chi connectivity index (χ4v) is 3.63. The molecule has 0 fully saturated rings. The number of benzene rings is 2. The lowest BCUT2D eigenvalue weighted by Crippen LogP contribution is -2.25. The molecular formula is C21H24N4O2S. The Morgan fingerprint density at radius 1 is 1.11 bits per heavy atom. The zero-order chi connectivity index (χ0) is 19.8. The zero-order valence-electron chi connectivity index (χ0n) is 15.8. The van der Waals surface area contributed by atoms with Gasteiger partial charge in [0, 0.05) is 31.3 Å². The highest BCUT2D eigenvalue weighted by Crippen LogP contribution is 2.22. The van der Waals surface area contributed by atoms with Gasteiger partial charge in [-0.25, -0.2) is 0 Å². The molecule has 0 spiro atoms. The molecule has 146 valence electrons. The smallest absolute Gasteiger partial charge is 0.220 e. The van der Waals surface area contributed by atoms with Crippen molar-refractivity contribution in [1.29, 1.82) is 0 Å². The molecule has 2 aromatic carbocycles. The number of carbonyl (C=O) groups excluding carboxylic acids is 1. The van der Waals surface area contributed by atoms with Crippen molar-refractivity contribution in [2.45, 2.75) is 24.4 Å². The summed E-state index contributed by atoms with van der Waals surface area (Å²) in [6, 6.07) is 17.1. The molecule has 1 amide bonds. The van der Waals surface area contributed by atoms with E-state index in [0.29, 0.717) is 18.7 Å². The van der Waals surface area contributed by atoms with E-state index in [1.807, 2.05) is 54.1 Å². The van der Waals surface area contributed by atoms with Gasteiger partial charge < -0.3 is 15.0 Å². The van der Waals surface area contributed by atoms with Crippen LogP contribution < -0.4 is 5.32 Å². The minimum Gasteiger partial charge on any atom is -0.508 e. The third kappa shape index (κ3) is 5.60. The molecule has 0 saturated carbocycles. The van der Waals surface area contributed by atoms with Crippen LogP contribution in [-0.2, 0) is 18.3 Å². The van der Waals surface area contributed by atoms with E-state index in [1.54, 1.807) is 12.1 Å². The molecule has 0 saturated heterocycles. The summed E-state index contributed by atoms with van der Waals surface area (Å²) >= 11 is 1.53. The summed E-state index contributed by atoms with van der Waals surface area (Å²) in [4.78, 5) is 12.0. The van der Waals surface area contributed by atoms with Gasteiger partial charge in [0.15, 0.2) is 11.0 Å². The molecule has 7 heteroatoms. The van der Waals surface area contributed by atoms with Crippen LogP contribution in [0, 0.1) is 0 Å². The average molecular weight is 397 g/mol. The number of aryl methyl sites for hydroxylation is 1. The summed E-state index contributed by atoms with van der Waals surface area (Å²) in [6.45, 7) is 0.645. The van der Waals surface area contributed by atoms with E-state index in [-0.39, 0.29) is 11.7 Å². The molecule has 0 bridgehead atoms. The first-order valence-corrected chi connectivity index (χ1v) is 10.2. The molecule has 3 aromatic rings. The van der Waals surface area contributed by atoms with E-state index >= 15 is 0 Å². The Kier molecular flexibility index (Phi) is 7.08. The van der Waals surface area contributed by atoms with E-state index in [4.69, 9.17) is 0 Å². The fourth-order valence-electron chi connectivity index (χ4n) is 2.79. The van der Waals surface area contributed by atoms with Gasteiger partial charge in [-0.15, -0.1) is 10.2 Å². The van der Waals surface area contributed by atoms with Crippen molar-refractivity contribution in [3.8, 4) is 17.1 Å². The zero-order valence-corrected chi connectivity index (χ0v) is 16.7. The van der Waals surface area contributed by atoms with Gasteiger partial charge in [0.25, 0.3) is 0 Å². The van der Waals surface area contributed by atoms with Gasteiger partial charge in [-0.05, 0) is 30.5 Å². The van der Waals surface area contributed by atoms with Gasteiger partial charge in [-0.3, -0.25) is 4.79 Å². The predicted molar refractivity (Wildman–Crippen MR) is 111 cm³/mol. The molecule has 0 aliphatic rings. The summed E-state index contributed by atoms with van der Waals surface area (Å²) < 4.78 is 1.95. The average Bonchev–Trinajstić information content (AvgIpc) is 3.08. The minimum atomic E-state index is 0.0451. The van der Waals surface area contributed by atoms with Crippen LogP contribution in [0.1, 0.15) is 18.4 Å². The first-order valence-electron chi connectivity index (χ1n) is 9.25. The lowest BCUT2D eigenvalue weighted by atomic mass is 10.1. The van der Waals surface area contributed by atoms with Crippen molar-refractivity contribution in [1.82, 2.24) is 20.1 Å². The number of aromatic nitrogens is 3. The lowest BCUT2D eigenvalue weighted by Gasteiger charge is -2.06. The van der Waals surface area contributed by atoms with Gasteiger partial charge in [-0.2, -0.15) is 0 Å². The Hall–Kier alpha value is -2.80. The molecule has 0 aliphatic carbocycles. The SMILES string of the molecule is Cn1c(SCCC(=O)NCCCc2ccc(O)cc2)nnc1-c1ccccc1. The standard InChI is InChI=1S/C21H24N4O2S/c1-25-20(17-7-3-2-4-8-17)23-24-21(25)28-15-13-19(27)22-14-5-6-16-9-11-18(26)12-10-16/h2-4,7-12,26H,5-6,13-15H2,1H3,(H,22,27). The normalized spacial score (nSPS) is 10.8. The van der Waals surface area contributed by atoms with Gasteiger partial charge in [-0.1, -0.05) is 54.2 Å². The van der Waals surface area contributed by atoms with Crippen molar-refractivity contribution < 1.29 is 9.90 Å². The highest BCUT2D eigenvalue weighted by Gasteiger charge is 2.11. The van der Waals surface area contributed by atoms with Crippen LogP contribution in [0.15, 0.2) is 59.8 Å². The van der Waals surface area contributed by atoms with Crippen LogP contribution in [-0.4, -0.2) is 38.1 Å². The second-order valence-corrected chi connectivity index (χ2v) is 7.51. The summed E-state index contributed by atoms with van der Waals surface area (Å²) in [7, 11) is 1.94. The second kappa shape index (κ2) is 9.94. The Morgan fingerprint density at radius 2 is 1.86 bits per heavy atom. The van der Waals surface area contributed by atoms with Crippen molar-refractivity contribution in [2.24, 2.45) is 7.05 Å². The Balaban J connectivity index is 1.36. The maximum Gasteiger partial charge on any atom is 0.220 e. The van der Waals surface area contributed by atoms with Crippen LogP contribution >= 0.6 is 11.8 Å². The quantitative estimate of drug-likeness (QED) is 0.428. The van der Waals surface area contributed by atoms with Crippen LogP contribution in [0.5, 0.6) is 5.75 Å². The van der Waals surface area contributed by atoms with E-state index in [9.17, 15) is 9.90 Å². The largest absolute Gasteiger partial charge is 0.508 e. The van der Waals surface area contributed by atoms with Crippen LogP contribution in [0.2, 0.25) is 0 Å². The number of phenols is 1. The van der Waals surface area contributed by atoms with E-state index < -0.39 is 0 Å². The maximum atomic E-state index is 12.0. The van der Waals surface area contributed by atoms with Crippen molar-refractivity contribution in [3.63, 3.8) is 0 Å². The monoisotopic (exact) mass is 396 g/mol. The Bertz CT molecular complexity index is 895. The Labute approximate surface area is 169 Å². The molecule has 0 atom stereocenters. The molecule has 3 rings (SSSR count). The molecule has 0 radical (unpaired) electrons. The van der Waals surface area contributed by atoms with Crippen LogP contribution in [0.4, 0.5) is 0 Å². The van der Waals surface area contributed by atoms with E-state index in [2.05, 4.69) is 15.5 Å². The summed E-state index contributed by atoms with van der Waals surface area (Å²) in [5.41, 5.74) is 2.18. The molecule has 0 unspecified atom stereocenters. The highest BCUT2D eigenvalue weighted by atomic mass is 32.2. The first kappa shape index (κ1) is 19.9. The van der Waals surface area contributed by atoms with Gasteiger partial charge in [0.1, 0.15) is 5.75 Å². The highest BCUT2D eigenvalue weighted by molar-refractivity contribution is 7.99. The van der Waals surface area contributed by atoms with Crippen molar-refractivity contribution in [3.05, 3.63) is 60.2 Å². The molecular weight excluding hydrogens is 372 g/mol. The van der Waals surface area contributed by atoms with Gasteiger partial charge in [0.05, 0.1) is 0 Å². The number of amides is 1. The molecule has 2 N–H and O–H groups in total. The summed E-state index contributed by atoms with van der Waals surface area (Å²) in [6.07, 6.45) is 2.18. The lowest BCUT2D eigenvalue weighted by molar-refractivity contribution is -0.120. The molecule has 0 aliphatic heterocycles. The fraction of sp³-hybridized carbons (Fsp3) is 0.286. The first-order chi connectivity index (χ1) is 13.6. The number of aromatic hydroxyl groups is 1. The number of hydrogen-bond acceptors (Lipinski definition) is 5.